The third-order valence-electron chi connectivity index (χ3n) is 5.76. The van der Waals surface area contributed by atoms with Gasteiger partial charge in [0, 0.05) is 32.4 Å². The van der Waals surface area contributed by atoms with Crippen molar-refractivity contribution in [2.75, 3.05) is 26.7 Å². The van der Waals surface area contributed by atoms with Crippen LogP contribution in [0.3, 0.4) is 0 Å². The van der Waals surface area contributed by atoms with Crippen LogP contribution < -0.4 is 9.47 Å². The zero-order valence-electron chi connectivity index (χ0n) is 19.3. The van der Waals surface area contributed by atoms with Gasteiger partial charge >= 0.3 is 12.3 Å². The molecule has 1 saturated heterocycles. The van der Waals surface area contributed by atoms with Gasteiger partial charge in [-0.25, -0.2) is 9.78 Å². The first kappa shape index (κ1) is 25.3. The molecule has 2 amide bonds. The molecule has 0 saturated carbocycles. The fraction of sp³-hybridized carbons (Fsp3) is 0.458. The highest BCUT2D eigenvalue weighted by atomic mass is 19.4. The maximum absolute atomic E-state index is 13.2. The Morgan fingerprint density at radius 2 is 1.74 bits per heavy atom. The SMILES string of the molecule is CN(C(=O)C(C)(C)COc1ncccc1C(F)(F)F)C1CCN(C(=O)Oc2ccccc2)CC1. The number of likely N-dealkylation sites (tertiary alicyclic amines) is 1. The Morgan fingerprint density at radius 1 is 1.09 bits per heavy atom. The lowest BCUT2D eigenvalue weighted by molar-refractivity contribution is -0.144. The number of rotatable bonds is 6. The molecule has 184 valence electrons. The number of halogens is 3. The Bertz CT molecular complexity index is 990. The number of alkyl halides is 3. The predicted molar refractivity (Wildman–Crippen MR) is 118 cm³/mol. The number of para-hydroxylation sites is 1. The minimum atomic E-state index is -4.61. The largest absolute Gasteiger partial charge is 0.476 e. The number of nitrogens with zero attached hydrogens (tertiary/aromatic N) is 3. The van der Waals surface area contributed by atoms with Crippen LogP contribution in [0.1, 0.15) is 32.3 Å². The van der Waals surface area contributed by atoms with Crippen molar-refractivity contribution < 1.29 is 32.2 Å². The van der Waals surface area contributed by atoms with E-state index >= 15 is 0 Å². The number of benzene rings is 1. The van der Waals surface area contributed by atoms with E-state index in [-0.39, 0.29) is 18.6 Å². The second kappa shape index (κ2) is 10.3. The average molecular weight is 479 g/mol. The summed E-state index contributed by atoms with van der Waals surface area (Å²) in [6.45, 7) is 3.82. The first-order valence-corrected chi connectivity index (χ1v) is 10.9. The molecule has 1 fully saturated rings. The van der Waals surface area contributed by atoms with Crippen molar-refractivity contribution >= 4 is 12.0 Å². The van der Waals surface area contributed by atoms with E-state index in [9.17, 15) is 22.8 Å². The van der Waals surface area contributed by atoms with Crippen molar-refractivity contribution in [1.29, 1.82) is 0 Å². The molecule has 0 radical (unpaired) electrons. The van der Waals surface area contributed by atoms with E-state index in [0.717, 1.165) is 6.07 Å². The highest BCUT2D eigenvalue weighted by molar-refractivity contribution is 5.82. The summed E-state index contributed by atoms with van der Waals surface area (Å²) in [7, 11) is 1.66. The van der Waals surface area contributed by atoms with Gasteiger partial charge in [-0.2, -0.15) is 13.2 Å². The number of hydrogen-bond acceptors (Lipinski definition) is 5. The van der Waals surface area contributed by atoms with Crippen LogP contribution in [0.4, 0.5) is 18.0 Å². The van der Waals surface area contributed by atoms with Gasteiger partial charge in [-0.1, -0.05) is 18.2 Å². The zero-order valence-corrected chi connectivity index (χ0v) is 19.3. The summed E-state index contributed by atoms with van der Waals surface area (Å²) in [6.07, 6.45) is -2.72. The van der Waals surface area contributed by atoms with Crippen LogP contribution in [0.5, 0.6) is 11.6 Å². The smallest absolute Gasteiger partial charge is 0.421 e. The van der Waals surface area contributed by atoms with Crippen LogP contribution in [0.15, 0.2) is 48.7 Å². The number of ether oxygens (including phenoxy) is 2. The highest BCUT2D eigenvalue weighted by Gasteiger charge is 2.38. The topological polar surface area (TPSA) is 72.0 Å². The Balaban J connectivity index is 1.54. The Hall–Kier alpha value is -3.30. The summed E-state index contributed by atoms with van der Waals surface area (Å²) in [6, 6.07) is 10.7. The zero-order chi connectivity index (χ0) is 24.9. The van der Waals surface area contributed by atoms with Gasteiger partial charge in [0.2, 0.25) is 11.8 Å². The Kier molecular flexibility index (Phi) is 7.68. The number of hydrogen-bond donors (Lipinski definition) is 0. The lowest BCUT2D eigenvalue weighted by atomic mass is 9.91. The molecule has 10 heteroatoms. The van der Waals surface area contributed by atoms with E-state index in [1.54, 1.807) is 55.0 Å². The van der Waals surface area contributed by atoms with Crippen molar-refractivity contribution in [3.8, 4) is 11.6 Å². The summed E-state index contributed by atoms with van der Waals surface area (Å²) in [5.41, 5.74) is -2.07. The summed E-state index contributed by atoms with van der Waals surface area (Å²) >= 11 is 0. The van der Waals surface area contributed by atoms with Crippen LogP contribution in [-0.2, 0) is 11.0 Å². The third-order valence-corrected chi connectivity index (χ3v) is 5.76. The molecule has 3 rings (SSSR count). The van der Waals surface area contributed by atoms with Gasteiger partial charge in [-0.3, -0.25) is 4.79 Å². The molecule has 2 heterocycles. The van der Waals surface area contributed by atoms with Crippen molar-refractivity contribution in [3.63, 3.8) is 0 Å². The lowest BCUT2D eigenvalue weighted by Crippen LogP contribution is -2.51. The molecule has 1 aliphatic heterocycles. The molecule has 1 aromatic carbocycles. The van der Waals surface area contributed by atoms with Gasteiger partial charge in [0.05, 0.1) is 5.41 Å². The number of amides is 2. The maximum atomic E-state index is 13.2. The number of carbonyl (C=O) groups excluding carboxylic acids is 2. The van der Waals surface area contributed by atoms with Gasteiger partial charge in [-0.05, 0) is 51.0 Å². The molecule has 0 N–H and O–H groups in total. The van der Waals surface area contributed by atoms with Gasteiger partial charge in [0.1, 0.15) is 17.9 Å². The van der Waals surface area contributed by atoms with E-state index in [4.69, 9.17) is 9.47 Å². The second-order valence-electron chi connectivity index (χ2n) is 8.84. The second-order valence-corrected chi connectivity index (χ2v) is 8.84. The number of carbonyl (C=O) groups is 2. The number of piperidine rings is 1. The molecular weight excluding hydrogens is 451 g/mol. The van der Waals surface area contributed by atoms with Crippen molar-refractivity contribution in [2.45, 2.75) is 38.9 Å². The van der Waals surface area contributed by atoms with Crippen LogP contribution in [0.2, 0.25) is 0 Å². The van der Waals surface area contributed by atoms with Crippen molar-refractivity contribution in [2.24, 2.45) is 5.41 Å². The molecule has 34 heavy (non-hydrogen) atoms. The summed E-state index contributed by atoms with van der Waals surface area (Å²) < 4.78 is 50.2. The average Bonchev–Trinajstić information content (AvgIpc) is 2.82. The van der Waals surface area contributed by atoms with E-state index in [1.165, 1.54) is 12.3 Å². The van der Waals surface area contributed by atoms with E-state index in [1.807, 2.05) is 6.07 Å². The van der Waals surface area contributed by atoms with Crippen LogP contribution in [-0.4, -0.2) is 59.6 Å². The maximum Gasteiger partial charge on any atom is 0.421 e. The standard InChI is InChI=1S/C24H28F3N3O4/c1-23(2,16-33-20-19(24(25,26)27)10-7-13-28-20)21(31)29(3)17-11-14-30(15-12-17)22(32)34-18-8-5-4-6-9-18/h4-10,13,17H,11-12,14-16H2,1-3H3. The fourth-order valence-corrected chi connectivity index (χ4v) is 3.76. The van der Waals surface area contributed by atoms with Crippen LogP contribution >= 0.6 is 0 Å². The first-order chi connectivity index (χ1) is 16.0. The van der Waals surface area contributed by atoms with Gasteiger partial charge in [-0.15, -0.1) is 0 Å². The van der Waals surface area contributed by atoms with Crippen LogP contribution in [0, 0.1) is 5.41 Å². The molecule has 7 nitrogen and oxygen atoms in total. The van der Waals surface area contributed by atoms with E-state index < -0.39 is 29.1 Å². The van der Waals surface area contributed by atoms with Crippen LogP contribution in [0.25, 0.3) is 0 Å². The monoisotopic (exact) mass is 479 g/mol. The fourth-order valence-electron chi connectivity index (χ4n) is 3.76. The van der Waals surface area contributed by atoms with Gasteiger partial charge < -0.3 is 19.3 Å². The Morgan fingerprint density at radius 3 is 2.35 bits per heavy atom. The van der Waals surface area contributed by atoms with E-state index in [0.29, 0.717) is 31.7 Å². The van der Waals surface area contributed by atoms with Gasteiger partial charge in [0.15, 0.2) is 0 Å². The van der Waals surface area contributed by atoms with Crippen molar-refractivity contribution in [1.82, 2.24) is 14.8 Å². The molecule has 0 atom stereocenters. The number of aromatic nitrogens is 1. The molecule has 2 aromatic rings. The molecule has 1 aromatic heterocycles. The molecule has 0 spiro atoms. The molecular formula is C24H28F3N3O4. The molecule has 0 unspecified atom stereocenters. The summed E-state index contributed by atoms with van der Waals surface area (Å²) in [5, 5.41) is 0. The van der Waals surface area contributed by atoms with E-state index in [2.05, 4.69) is 4.98 Å². The minimum absolute atomic E-state index is 0.117. The predicted octanol–water partition coefficient (Wildman–Crippen LogP) is 4.63. The molecule has 1 aliphatic rings. The third kappa shape index (κ3) is 6.18. The molecule has 0 bridgehead atoms. The normalized spacial score (nSPS) is 15.1. The number of pyridine rings is 1. The summed E-state index contributed by atoms with van der Waals surface area (Å²) in [5.74, 6) is -0.351. The summed E-state index contributed by atoms with van der Waals surface area (Å²) in [4.78, 5) is 32.4. The minimum Gasteiger partial charge on any atom is -0.476 e. The quantitative estimate of drug-likeness (QED) is 0.604. The highest BCUT2D eigenvalue weighted by Crippen LogP contribution is 2.35. The van der Waals surface area contributed by atoms with Crippen molar-refractivity contribution in [3.05, 3.63) is 54.2 Å². The molecule has 0 aliphatic carbocycles. The Labute approximate surface area is 196 Å². The first-order valence-electron chi connectivity index (χ1n) is 10.9. The van der Waals surface area contributed by atoms with Gasteiger partial charge in [0.25, 0.3) is 0 Å². The lowest BCUT2D eigenvalue weighted by Gasteiger charge is -2.39.